The summed E-state index contributed by atoms with van der Waals surface area (Å²) in [6.07, 6.45) is 2.06. The van der Waals surface area contributed by atoms with E-state index in [4.69, 9.17) is 4.74 Å². The van der Waals surface area contributed by atoms with E-state index in [2.05, 4.69) is 17.4 Å². The number of aryl methyl sites for hydroxylation is 1. The maximum atomic E-state index is 13.6. The van der Waals surface area contributed by atoms with Crippen molar-refractivity contribution in [3.05, 3.63) is 71.0 Å². The van der Waals surface area contributed by atoms with E-state index in [1.54, 1.807) is 13.0 Å². The third-order valence-electron chi connectivity index (χ3n) is 4.23. The highest BCUT2D eigenvalue weighted by atomic mass is 19.1. The summed E-state index contributed by atoms with van der Waals surface area (Å²) in [7, 11) is 0. The molecule has 2 atom stereocenters. The lowest BCUT2D eigenvalue weighted by molar-refractivity contribution is 0.0526. The minimum atomic E-state index is -0.118. The van der Waals surface area contributed by atoms with Crippen molar-refractivity contribution >= 4 is 0 Å². The largest absolute Gasteiger partial charge is 0.372 e. The van der Waals surface area contributed by atoms with Gasteiger partial charge in [-0.3, -0.25) is 0 Å². The Morgan fingerprint density at radius 1 is 1.14 bits per heavy atom. The van der Waals surface area contributed by atoms with Gasteiger partial charge < -0.3 is 10.1 Å². The SMILES string of the molecule is Cc1ccc(CC2CC(OCc3ccccc3)CN2)cc1F. The number of hydrogen-bond donors (Lipinski definition) is 1. The van der Waals surface area contributed by atoms with Crippen molar-refractivity contribution in [3.8, 4) is 0 Å². The second-order valence-corrected chi connectivity index (χ2v) is 6.05. The molecule has 0 bridgehead atoms. The summed E-state index contributed by atoms with van der Waals surface area (Å²) in [4.78, 5) is 0. The average molecular weight is 299 g/mol. The van der Waals surface area contributed by atoms with Crippen molar-refractivity contribution in [3.63, 3.8) is 0 Å². The Bertz CT molecular complexity index is 614. The quantitative estimate of drug-likeness (QED) is 0.910. The van der Waals surface area contributed by atoms with E-state index in [0.29, 0.717) is 18.2 Å². The predicted octanol–water partition coefficient (Wildman–Crippen LogP) is 3.62. The summed E-state index contributed by atoms with van der Waals surface area (Å²) >= 11 is 0. The van der Waals surface area contributed by atoms with Gasteiger partial charge in [0, 0.05) is 12.6 Å². The standard InChI is InChI=1S/C19H22FNO/c1-14-7-8-16(10-19(14)20)9-17-11-18(12-21-17)22-13-15-5-3-2-4-6-15/h2-8,10,17-18,21H,9,11-13H2,1H3. The van der Waals surface area contributed by atoms with E-state index < -0.39 is 0 Å². The molecule has 1 saturated heterocycles. The van der Waals surface area contributed by atoms with Crippen molar-refractivity contribution in [1.82, 2.24) is 5.32 Å². The Morgan fingerprint density at radius 2 is 1.95 bits per heavy atom. The summed E-state index contributed by atoms with van der Waals surface area (Å²) < 4.78 is 19.6. The molecular weight excluding hydrogens is 277 g/mol. The fourth-order valence-electron chi connectivity index (χ4n) is 2.90. The fraction of sp³-hybridized carbons (Fsp3) is 0.368. The third-order valence-corrected chi connectivity index (χ3v) is 4.23. The molecule has 1 aliphatic heterocycles. The Kier molecular flexibility index (Phi) is 4.86. The lowest BCUT2D eigenvalue weighted by atomic mass is 10.0. The van der Waals surface area contributed by atoms with Crippen LogP contribution in [0, 0.1) is 12.7 Å². The Labute approximate surface area is 131 Å². The Balaban J connectivity index is 1.48. The molecule has 2 aromatic rings. The summed E-state index contributed by atoms with van der Waals surface area (Å²) in [6.45, 7) is 3.31. The molecule has 0 spiro atoms. The second kappa shape index (κ2) is 7.03. The monoisotopic (exact) mass is 299 g/mol. The molecule has 2 aromatic carbocycles. The van der Waals surface area contributed by atoms with Crippen LogP contribution in [0.1, 0.15) is 23.1 Å². The van der Waals surface area contributed by atoms with E-state index in [1.807, 2.05) is 30.3 Å². The van der Waals surface area contributed by atoms with Gasteiger partial charge in [0.1, 0.15) is 5.82 Å². The number of rotatable bonds is 5. The maximum absolute atomic E-state index is 13.6. The molecule has 0 amide bonds. The van der Waals surface area contributed by atoms with Crippen LogP contribution < -0.4 is 5.32 Å². The van der Waals surface area contributed by atoms with Crippen LogP contribution in [-0.4, -0.2) is 18.7 Å². The van der Waals surface area contributed by atoms with Crippen molar-refractivity contribution in [2.24, 2.45) is 0 Å². The maximum Gasteiger partial charge on any atom is 0.126 e. The highest BCUT2D eigenvalue weighted by molar-refractivity contribution is 5.24. The highest BCUT2D eigenvalue weighted by Gasteiger charge is 2.24. The van der Waals surface area contributed by atoms with Crippen LogP contribution in [0.5, 0.6) is 0 Å². The molecule has 1 heterocycles. The van der Waals surface area contributed by atoms with Gasteiger partial charge in [-0.2, -0.15) is 0 Å². The third kappa shape index (κ3) is 3.93. The molecule has 0 saturated carbocycles. The van der Waals surface area contributed by atoms with Gasteiger partial charge >= 0.3 is 0 Å². The van der Waals surface area contributed by atoms with Gasteiger partial charge in [-0.05, 0) is 42.5 Å². The Morgan fingerprint density at radius 3 is 2.73 bits per heavy atom. The van der Waals surface area contributed by atoms with E-state index >= 15 is 0 Å². The van der Waals surface area contributed by atoms with Crippen molar-refractivity contribution in [2.45, 2.75) is 38.5 Å². The topological polar surface area (TPSA) is 21.3 Å². The molecular formula is C19H22FNO. The van der Waals surface area contributed by atoms with Crippen LogP contribution >= 0.6 is 0 Å². The predicted molar refractivity (Wildman–Crippen MR) is 86.3 cm³/mol. The second-order valence-electron chi connectivity index (χ2n) is 6.05. The van der Waals surface area contributed by atoms with Crippen LogP contribution in [0.4, 0.5) is 4.39 Å². The Hall–Kier alpha value is -1.71. The first-order chi connectivity index (χ1) is 10.7. The first-order valence-electron chi connectivity index (χ1n) is 7.84. The van der Waals surface area contributed by atoms with Crippen LogP contribution in [0.2, 0.25) is 0 Å². The number of benzene rings is 2. The molecule has 2 nitrogen and oxygen atoms in total. The number of hydrogen-bond acceptors (Lipinski definition) is 2. The molecule has 22 heavy (non-hydrogen) atoms. The lowest BCUT2D eigenvalue weighted by Crippen LogP contribution is -2.23. The molecule has 1 aliphatic rings. The minimum Gasteiger partial charge on any atom is -0.372 e. The number of ether oxygens (including phenoxy) is 1. The molecule has 0 aromatic heterocycles. The van der Waals surface area contributed by atoms with Gasteiger partial charge in [0.2, 0.25) is 0 Å². The lowest BCUT2D eigenvalue weighted by Gasteiger charge is -2.12. The van der Waals surface area contributed by atoms with Crippen LogP contribution in [0.3, 0.4) is 0 Å². The molecule has 3 rings (SSSR count). The van der Waals surface area contributed by atoms with Gasteiger partial charge in [-0.15, -0.1) is 0 Å². The molecule has 1 fully saturated rings. The summed E-state index contributed by atoms with van der Waals surface area (Å²) in [5.41, 5.74) is 2.95. The van der Waals surface area contributed by atoms with Crippen molar-refractivity contribution < 1.29 is 9.13 Å². The zero-order valence-corrected chi connectivity index (χ0v) is 12.9. The van der Waals surface area contributed by atoms with E-state index in [-0.39, 0.29) is 11.9 Å². The molecule has 0 aliphatic carbocycles. The normalized spacial score (nSPS) is 21.2. The van der Waals surface area contributed by atoms with Gasteiger partial charge in [0.15, 0.2) is 0 Å². The van der Waals surface area contributed by atoms with Crippen LogP contribution in [0.15, 0.2) is 48.5 Å². The first-order valence-corrected chi connectivity index (χ1v) is 7.84. The van der Waals surface area contributed by atoms with E-state index in [9.17, 15) is 4.39 Å². The van der Waals surface area contributed by atoms with E-state index in [0.717, 1.165) is 24.9 Å². The van der Waals surface area contributed by atoms with Gasteiger partial charge in [0.05, 0.1) is 12.7 Å². The summed E-state index contributed by atoms with van der Waals surface area (Å²) in [6, 6.07) is 16.1. The smallest absolute Gasteiger partial charge is 0.126 e. The van der Waals surface area contributed by atoms with Crippen LogP contribution in [-0.2, 0) is 17.8 Å². The number of nitrogens with one attached hydrogen (secondary N) is 1. The summed E-state index contributed by atoms with van der Waals surface area (Å²) in [5.74, 6) is -0.118. The zero-order valence-electron chi connectivity index (χ0n) is 12.9. The fourth-order valence-corrected chi connectivity index (χ4v) is 2.90. The average Bonchev–Trinajstić information content (AvgIpc) is 2.97. The number of halogens is 1. The first kappa shape index (κ1) is 15.2. The van der Waals surface area contributed by atoms with Crippen LogP contribution in [0.25, 0.3) is 0 Å². The van der Waals surface area contributed by atoms with Gasteiger partial charge in [-0.25, -0.2) is 4.39 Å². The van der Waals surface area contributed by atoms with Gasteiger partial charge in [0.25, 0.3) is 0 Å². The minimum absolute atomic E-state index is 0.118. The molecule has 0 radical (unpaired) electrons. The van der Waals surface area contributed by atoms with Crippen molar-refractivity contribution in [1.29, 1.82) is 0 Å². The van der Waals surface area contributed by atoms with Gasteiger partial charge in [-0.1, -0.05) is 42.5 Å². The summed E-state index contributed by atoms with van der Waals surface area (Å²) in [5, 5.41) is 3.48. The molecule has 116 valence electrons. The molecule has 3 heteroatoms. The highest BCUT2D eigenvalue weighted by Crippen LogP contribution is 2.18. The van der Waals surface area contributed by atoms with E-state index in [1.165, 1.54) is 5.56 Å². The van der Waals surface area contributed by atoms with Crippen molar-refractivity contribution in [2.75, 3.05) is 6.54 Å². The molecule has 1 N–H and O–H groups in total. The molecule has 2 unspecified atom stereocenters. The zero-order chi connectivity index (χ0) is 15.4.